The summed E-state index contributed by atoms with van der Waals surface area (Å²) in [5.74, 6) is -0.780. The standard InChI is InChI=1S/C13H25BN3O8P/c14-13-11(17-10(21)2-4-16-9(20)1-3-15)12(8(7-19)24-13)25-26(22,23)6-5-18/h8,11-13,18-19H,1-7,15H2,(H,16,20)(H,17,21)(H,22,23)/t8?,11-,12+,13?/m0/s1. The molecule has 1 saturated heterocycles. The second-order valence-electron chi connectivity index (χ2n) is 5.71. The first kappa shape index (κ1) is 23.0. The van der Waals surface area contributed by atoms with Crippen LogP contribution in [0.5, 0.6) is 0 Å². The molecule has 2 amide bonds. The molecule has 0 aromatic heterocycles. The van der Waals surface area contributed by atoms with Gasteiger partial charge in [0.25, 0.3) is 0 Å². The summed E-state index contributed by atoms with van der Waals surface area (Å²) in [5.41, 5.74) is 5.24. The number of carbonyl (C=O) groups excluding carboxylic acids is 2. The van der Waals surface area contributed by atoms with Crippen LogP contribution < -0.4 is 16.4 Å². The zero-order valence-electron chi connectivity index (χ0n) is 14.2. The third-order valence-corrected chi connectivity index (χ3v) is 4.97. The fraction of sp³-hybridized carbons (Fsp3) is 0.846. The predicted octanol–water partition coefficient (Wildman–Crippen LogP) is -3.23. The molecule has 0 aromatic carbocycles. The van der Waals surface area contributed by atoms with E-state index in [0.717, 1.165) is 0 Å². The van der Waals surface area contributed by atoms with E-state index in [1.807, 2.05) is 0 Å². The number of hydrogen-bond donors (Lipinski definition) is 6. The summed E-state index contributed by atoms with van der Waals surface area (Å²) in [6, 6.07) is -2.05. The van der Waals surface area contributed by atoms with Crippen molar-refractivity contribution < 1.29 is 38.5 Å². The molecule has 0 saturated carbocycles. The van der Waals surface area contributed by atoms with Gasteiger partial charge in [-0.25, -0.2) is 0 Å². The van der Waals surface area contributed by atoms with Crippen molar-refractivity contribution in [2.45, 2.75) is 37.1 Å². The van der Waals surface area contributed by atoms with Crippen molar-refractivity contribution in [3.63, 3.8) is 0 Å². The summed E-state index contributed by atoms with van der Waals surface area (Å²) >= 11 is 0. The number of nitrogens with two attached hydrogens (primary N) is 1. The molecular formula is C13H25BN3O8P. The van der Waals surface area contributed by atoms with Gasteiger partial charge in [-0.15, -0.1) is 0 Å². The number of aliphatic hydroxyl groups is 2. The van der Waals surface area contributed by atoms with Crippen LogP contribution in [0.1, 0.15) is 12.8 Å². The van der Waals surface area contributed by atoms with Crippen molar-refractivity contribution in [1.29, 1.82) is 0 Å². The molecular weight excluding hydrogens is 368 g/mol. The smallest absolute Gasteiger partial charge is 0.330 e. The van der Waals surface area contributed by atoms with E-state index in [-0.39, 0.29) is 31.8 Å². The maximum absolute atomic E-state index is 12.0. The Balaban J connectivity index is 2.64. The molecule has 3 unspecified atom stereocenters. The van der Waals surface area contributed by atoms with Crippen molar-refractivity contribution in [3.05, 3.63) is 0 Å². The monoisotopic (exact) mass is 393 g/mol. The molecule has 2 radical (unpaired) electrons. The number of hydrogen-bond acceptors (Lipinski definition) is 8. The van der Waals surface area contributed by atoms with Gasteiger partial charge < -0.3 is 40.7 Å². The van der Waals surface area contributed by atoms with E-state index in [0.29, 0.717) is 0 Å². The molecule has 0 spiro atoms. The van der Waals surface area contributed by atoms with Gasteiger partial charge >= 0.3 is 7.60 Å². The van der Waals surface area contributed by atoms with Crippen molar-refractivity contribution in [2.75, 3.05) is 32.5 Å². The van der Waals surface area contributed by atoms with Crippen LogP contribution in [0.3, 0.4) is 0 Å². The first-order valence-electron chi connectivity index (χ1n) is 8.13. The Labute approximate surface area is 152 Å². The first-order valence-corrected chi connectivity index (χ1v) is 9.89. The third-order valence-electron chi connectivity index (χ3n) is 3.63. The normalized spacial score (nSPS) is 27.7. The molecule has 26 heavy (non-hydrogen) atoms. The lowest BCUT2D eigenvalue weighted by atomic mass is 9.90. The van der Waals surface area contributed by atoms with E-state index in [2.05, 4.69) is 10.6 Å². The Morgan fingerprint density at radius 3 is 2.54 bits per heavy atom. The number of aliphatic hydroxyl groups excluding tert-OH is 2. The van der Waals surface area contributed by atoms with E-state index in [1.165, 1.54) is 0 Å². The molecule has 148 valence electrons. The van der Waals surface area contributed by atoms with E-state index < -0.39 is 57.1 Å². The third kappa shape index (κ3) is 7.32. The number of amides is 2. The zero-order chi connectivity index (χ0) is 19.7. The molecule has 0 aliphatic carbocycles. The largest absolute Gasteiger partial charge is 0.396 e. The van der Waals surface area contributed by atoms with Crippen LogP contribution in [-0.2, 0) is 23.4 Å². The highest BCUT2D eigenvalue weighted by atomic mass is 31.2. The molecule has 1 fully saturated rings. The highest BCUT2D eigenvalue weighted by Gasteiger charge is 2.46. The number of carbonyl (C=O) groups is 2. The molecule has 0 aromatic rings. The molecule has 1 aliphatic heterocycles. The summed E-state index contributed by atoms with van der Waals surface area (Å²) in [4.78, 5) is 33.0. The Morgan fingerprint density at radius 2 is 1.96 bits per heavy atom. The molecule has 13 heteroatoms. The lowest BCUT2D eigenvalue weighted by Gasteiger charge is -2.26. The molecule has 1 rings (SSSR count). The van der Waals surface area contributed by atoms with E-state index >= 15 is 0 Å². The van der Waals surface area contributed by atoms with Gasteiger partial charge in [0.1, 0.15) is 20.1 Å². The van der Waals surface area contributed by atoms with Crippen LogP contribution in [0.4, 0.5) is 0 Å². The van der Waals surface area contributed by atoms with Gasteiger partial charge in [0.05, 0.1) is 25.4 Å². The molecule has 0 bridgehead atoms. The van der Waals surface area contributed by atoms with Gasteiger partial charge in [-0.3, -0.25) is 14.2 Å². The topological polar surface area (TPSA) is 180 Å². The SMILES string of the molecule is [B]C1OC(CO)[C@@H](OP(=O)(O)CCO)[C@@H]1NC(=O)CCNC(=O)CCN. The van der Waals surface area contributed by atoms with Gasteiger partial charge in [0.15, 0.2) is 0 Å². The summed E-state index contributed by atoms with van der Waals surface area (Å²) in [6.45, 7) is -0.843. The average Bonchev–Trinajstić information content (AvgIpc) is 2.83. The maximum Gasteiger partial charge on any atom is 0.330 e. The summed E-state index contributed by atoms with van der Waals surface area (Å²) in [5, 5.41) is 23.2. The van der Waals surface area contributed by atoms with Crippen LogP contribution >= 0.6 is 7.60 Å². The minimum absolute atomic E-state index is 0.0660. The Morgan fingerprint density at radius 1 is 1.27 bits per heavy atom. The minimum Gasteiger partial charge on any atom is -0.396 e. The summed E-state index contributed by atoms with van der Waals surface area (Å²) < 4.78 is 22.2. The second-order valence-corrected chi connectivity index (χ2v) is 7.64. The highest BCUT2D eigenvalue weighted by molar-refractivity contribution is 7.52. The van der Waals surface area contributed by atoms with Gasteiger partial charge in [-0.1, -0.05) is 0 Å². The molecule has 1 heterocycles. The van der Waals surface area contributed by atoms with Crippen LogP contribution in [0.15, 0.2) is 0 Å². The highest BCUT2D eigenvalue weighted by Crippen LogP contribution is 2.45. The predicted molar refractivity (Wildman–Crippen MR) is 91.4 cm³/mol. The zero-order valence-corrected chi connectivity index (χ0v) is 15.1. The minimum atomic E-state index is -4.16. The summed E-state index contributed by atoms with van der Waals surface area (Å²) in [6.07, 6.45) is -2.62. The van der Waals surface area contributed by atoms with E-state index in [1.54, 1.807) is 0 Å². The fourth-order valence-corrected chi connectivity index (χ4v) is 3.39. The average molecular weight is 393 g/mol. The van der Waals surface area contributed by atoms with Crippen LogP contribution in [0, 0.1) is 0 Å². The van der Waals surface area contributed by atoms with Gasteiger partial charge in [0.2, 0.25) is 11.8 Å². The second kappa shape index (κ2) is 11.0. The molecule has 1 aliphatic rings. The Kier molecular flexibility index (Phi) is 9.73. The van der Waals surface area contributed by atoms with Crippen molar-refractivity contribution in [1.82, 2.24) is 10.6 Å². The number of nitrogens with one attached hydrogen (secondary N) is 2. The Bertz CT molecular complexity index is 526. The maximum atomic E-state index is 12.0. The number of rotatable bonds is 11. The van der Waals surface area contributed by atoms with Crippen LogP contribution in [-0.4, -0.2) is 91.5 Å². The van der Waals surface area contributed by atoms with Crippen molar-refractivity contribution in [2.24, 2.45) is 5.73 Å². The fourth-order valence-electron chi connectivity index (χ4n) is 2.39. The van der Waals surface area contributed by atoms with Crippen LogP contribution in [0.2, 0.25) is 0 Å². The lowest BCUT2D eigenvalue weighted by Crippen LogP contribution is -2.49. The lowest BCUT2D eigenvalue weighted by molar-refractivity contribution is -0.123. The molecule has 5 atom stereocenters. The summed E-state index contributed by atoms with van der Waals surface area (Å²) in [7, 11) is 1.60. The van der Waals surface area contributed by atoms with Crippen molar-refractivity contribution in [3.8, 4) is 0 Å². The van der Waals surface area contributed by atoms with Gasteiger partial charge in [0, 0.05) is 31.9 Å². The number of ether oxygens (including phenoxy) is 1. The Hall–Kier alpha value is -1.01. The van der Waals surface area contributed by atoms with Crippen LogP contribution in [0.25, 0.3) is 0 Å². The van der Waals surface area contributed by atoms with E-state index in [4.69, 9.17) is 27.9 Å². The first-order chi connectivity index (χ1) is 12.2. The molecule has 7 N–H and O–H groups in total. The molecule has 11 nitrogen and oxygen atoms in total. The quantitative estimate of drug-likeness (QED) is 0.155. The van der Waals surface area contributed by atoms with E-state index in [9.17, 15) is 24.2 Å². The van der Waals surface area contributed by atoms with Crippen molar-refractivity contribution >= 4 is 27.3 Å². The van der Waals surface area contributed by atoms with Gasteiger partial charge in [-0.05, 0) is 0 Å². The van der Waals surface area contributed by atoms with Gasteiger partial charge in [-0.2, -0.15) is 0 Å².